The summed E-state index contributed by atoms with van der Waals surface area (Å²) in [5, 5.41) is 6.00. The van der Waals surface area contributed by atoms with Crippen LogP contribution in [0, 0.1) is 0 Å². The number of unbranched alkanes of at least 4 members (excludes halogenated alkanes) is 1. The molecule has 2 fully saturated rings. The van der Waals surface area contributed by atoms with Gasteiger partial charge in [-0.3, -0.25) is 9.59 Å². The summed E-state index contributed by atoms with van der Waals surface area (Å²) in [4.78, 5) is 25.5. The molecule has 2 aromatic rings. The van der Waals surface area contributed by atoms with Crippen LogP contribution in [0.15, 0.2) is 60.7 Å². The maximum absolute atomic E-state index is 13.2. The fraction of sp³-hybridized carbons (Fsp3) is 0.548. The first kappa shape index (κ1) is 30.1. The Balaban J connectivity index is 1.52. The zero-order valence-electron chi connectivity index (χ0n) is 23.8. The maximum Gasteiger partial charge on any atom is 0.249 e. The minimum absolute atomic E-state index is 0.0959. The molecule has 2 N–H and O–H groups in total. The standard InChI is InChI=1S/C31H42N2O7/c1-5-6-17-36-31-26(33-22(4)34)28(27-25(39-31)19-37-30(40-27)24-15-11-8-12-16-24)38-21(3)29(35)32-20(2)18-23-13-9-7-10-14-23/h7-16,20-21,25-28,30-31H,5-6,17-19H2,1-4H3,(H,32,35)(H,33,34)/t20-,21-,25?,26?,27+,28+,30?,31-/m0/s1. The second-order valence-corrected chi connectivity index (χ2v) is 10.5. The average molecular weight is 555 g/mol. The van der Waals surface area contributed by atoms with Crippen LogP contribution >= 0.6 is 0 Å². The van der Waals surface area contributed by atoms with Crippen molar-refractivity contribution in [1.82, 2.24) is 10.6 Å². The Kier molecular flexibility index (Phi) is 11.1. The van der Waals surface area contributed by atoms with E-state index in [0.29, 0.717) is 13.0 Å². The van der Waals surface area contributed by atoms with Gasteiger partial charge in [-0.1, -0.05) is 74.0 Å². The fourth-order valence-corrected chi connectivity index (χ4v) is 5.06. The molecule has 4 rings (SSSR count). The maximum atomic E-state index is 13.2. The molecule has 0 saturated carbocycles. The van der Waals surface area contributed by atoms with Crippen LogP contribution in [-0.4, -0.2) is 67.8 Å². The largest absolute Gasteiger partial charge is 0.360 e. The Bertz CT molecular complexity index is 1070. The summed E-state index contributed by atoms with van der Waals surface area (Å²) >= 11 is 0. The van der Waals surface area contributed by atoms with Gasteiger partial charge in [0.2, 0.25) is 11.8 Å². The minimum atomic E-state index is -0.823. The molecule has 9 heteroatoms. The normalized spacial score (nSPS) is 27.7. The number of hydrogen-bond donors (Lipinski definition) is 2. The van der Waals surface area contributed by atoms with Crippen molar-refractivity contribution in [1.29, 1.82) is 0 Å². The van der Waals surface area contributed by atoms with Gasteiger partial charge in [-0.05, 0) is 32.3 Å². The molecule has 2 heterocycles. The summed E-state index contributed by atoms with van der Waals surface area (Å²) in [7, 11) is 0. The highest BCUT2D eigenvalue weighted by molar-refractivity contribution is 5.80. The zero-order chi connectivity index (χ0) is 28.5. The van der Waals surface area contributed by atoms with Gasteiger partial charge in [-0.15, -0.1) is 0 Å². The van der Waals surface area contributed by atoms with E-state index in [1.165, 1.54) is 6.92 Å². The first-order valence-electron chi connectivity index (χ1n) is 14.2. The number of hydrogen-bond acceptors (Lipinski definition) is 7. The van der Waals surface area contributed by atoms with E-state index in [1.54, 1.807) is 6.92 Å². The van der Waals surface area contributed by atoms with Crippen molar-refractivity contribution in [2.75, 3.05) is 13.2 Å². The molecule has 0 bridgehead atoms. The predicted molar refractivity (Wildman–Crippen MR) is 149 cm³/mol. The molecule has 2 saturated heterocycles. The summed E-state index contributed by atoms with van der Waals surface area (Å²) < 4.78 is 31.2. The Morgan fingerprint density at radius 2 is 1.73 bits per heavy atom. The summed E-state index contributed by atoms with van der Waals surface area (Å²) in [6.07, 6.45) is -1.60. The first-order chi connectivity index (χ1) is 19.4. The van der Waals surface area contributed by atoms with Crippen LogP contribution in [0.25, 0.3) is 0 Å². The topological polar surface area (TPSA) is 104 Å². The number of nitrogens with one attached hydrogen (secondary N) is 2. The van der Waals surface area contributed by atoms with Gasteiger partial charge in [0, 0.05) is 25.1 Å². The Morgan fingerprint density at radius 1 is 1.02 bits per heavy atom. The van der Waals surface area contributed by atoms with E-state index < -0.39 is 43.0 Å². The highest BCUT2D eigenvalue weighted by atomic mass is 16.8. The van der Waals surface area contributed by atoms with Gasteiger partial charge < -0.3 is 34.3 Å². The van der Waals surface area contributed by atoms with E-state index >= 15 is 0 Å². The molecule has 2 aromatic carbocycles. The lowest BCUT2D eigenvalue weighted by atomic mass is 9.95. The molecule has 9 nitrogen and oxygen atoms in total. The molecule has 2 aliphatic heterocycles. The van der Waals surface area contributed by atoms with Crippen molar-refractivity contribution < 1.29 is 33.3 Å². The van der Waals surface area contributed by atoms with Crippen molar-refractivity contribution in [3.8, 4) is 0 Å². The first-order valence-corrected chi connectivity index (χ1v) is 14.2. The van der Waals surface area contributed by atoms with E-state index in [9.17, 15) is 9.59 Å². The molecule has 0 spiro atoms. The zero-order valence-corrected chi connectivity index (χ0v) is 23.8. The van der Waals surface area contributed by atoms with E-state index in [0.717, 1.165) is 24.0 Å². The SMILES string of the molecule is CCCCO[C@H]1OC2COC(c3ccccc3)O[C@H]2[C@H](O[C@@H](C)C(=O)N[C@@H](C)Cc2ccccc2)C1NC(C)=O. The average Bonchev–Trinajstić information content (AvgIpc) is 2.95. The number of carbonyl (C=O) groups excluding carboxylic acids is 2. The van der Waals surface area contributed by atoms with Crippen LogP contribution in [0.3, 0.4) is 0 Å². The summed E-state index contributed by atoms with van der Waals surface area (Å²) in [5.74, 6) is -0.506. The van der Waals surface area contributed by atoms with Crippen molar-refractivity contribution in [2.45, 2.75) is 96.0 Å². The van der Waals surface area contributed by atoms with Crippen molar-refractivity contribution >= 4 is 11.8 Å². The molecule has 40 heavy (non-hydrogen) atoms. The van der Waals surface area contributed by atoms with Crippen LogP contribution in [0.5, 0.6) is 0 Å². The highest BCUT2D eigenvalue weighted by Crippen LogP contribution is 2.36. The number of amides is 2. The summed E-state index contributed by atoms with van der Waals surface area (Å²) in [6.45, 7) is 7.89. The molecule has 0 aromatic heterocycles. The van der Waals surface area contributed by atoms with Crippen molar-refractivity contribution in [2.24, 2.45) is 0 Å². The monoisotopic (exact) mass is 554 g/mol. The highest BCUT2D eigenvalue weighted by Gasteiger charge is 2.52. The van der Waals surface area contributed by atoms with E-state index in [1.807, 2.05) is 67.6 Å². The van der Waals surface area contributed by atoms with E-state index in [4.69, 9.17) is 23.7 Å². The van der Waals surface area contributed by atoms with E-state index in [2.05, 4.69) is 17.6 Å². The summed E-state index contributed by atoms with van der Waals surface area (Å²) in [5.41, 5.74) is 1.99. The molecule has 2 aliphatic rings. The van der Waals surface area contributed by atoms with Gasteiger partial charge in [-0.25, -0.2) is 0 Å². The fourth-order valence-electron chi connectivity index (χ4n) is 5.06. The third-order valence-corrected chi connectivity index (χ3v) is 7.06. The number of rotatable bonds is 12. The Hall–Kier alpha value is -2.82. The Morgan fingerprint density at radius 3 is 2.40 bits per heavy atom. The lowest BCUT2D eigenvalue weighted by Gasteiger charge is -2.49. The minimum Gasteiger partial charge on any atom is -0.360 e. The second-order valence-electron chi connectivity index (χ2n) is 10.5. The van der Waals surface area contributed by atoms with E-state index in [-0.39, 0.29) is 24.5 Å². The molecule has 2 amide bonds. The quantitative estimate of drug-likeness (QED) is 0.386. The van der Waals surface area contributed by atoms with Gasteiger partial charge in [0.1, 0.15) is 30.5 Å². The number of ether oxygens (including phenoxy) is 5. The summed E-state index contributed by atoms with van der Waals surface area (Å²) in [6, 6.07) is 18.8. The molecule has 3 unspecified atom stereocenters. The van der Waals surface area contributed by atoms with Gasteiger partial charge in [0.05, 0.1) is 6.61 Å². The third-order valence-electron chi connectivity index (χ3n) is 7.06. The smallest absolute Gasteiger partial charge is 0.249 e. The second kappa shape index (κ2) is 14.7. The molecular weight excluding hydrogens is 512 g/mol. The number of fused-ring (bicyclic) bond motifs is 1. The third kappa shape index (κ3) is 8.11. The molecular formula is C31H42N2O7. The molecule has 218 valence electrons. The Labute approximate surface area is 236 Å². The van der Waals surface area contributed by atoms with Gasteiger partial charge in [0.15, 0.2) is 12.6 Å². The van der Waals surface area contributed by atoms with Gasteiger partial charge >= 0.3 is 0 Å². The molecule has 0 aliphatic carbocycles. The van der Waals surface area contributed by atoms with Crippen LogP contribution in [-0.2, 0) is 39.7 Å². The lowest BCUT2D eigenvalue weighted by molar-refractivity contribution is -0.350. The van der Waals surface area contributed by atoms with Crippen molar-refractivity contribution in [3.63, 3.8) is 0 Å². The number of benzene rings is 2. The van der Waals surface area contributed by atoms with Gasteiger partial charge in [0.25, 0.3) is 0 Å². The van der Waals surface area contributed by atoms with Crippen LogP contribution in [0.2, 0.25) is 0 Å². The molecule has 8 atom stereocenters. The molecule has 0 radical (unpaired) electrons. The predicted octanol–water partition coefficient (Wildman–Crippen LogP) is 3.67. The van der Waals surface area contributed by atoms with Gasteiger partial charge in [-0.2, -0.15) is 0 Å². The van der Waals surface area contributed by atoms with Crippen LogP contribution in [0.4, 0.5) is 0 Å². The van der Waals surface area contributed by atoms with Crippen LogP contribution in [0.1, 0.15) is 58.0 Å². The van der Waals surface area contributed by atoms with Crippen LogP contribution < -0.4 is 10.6 Å². The van der Waals surface area contributed by atoms with Crippen molar-refractivity contribution in [3.05, 3.63) is 71.8 Å². The number of carbonyl (C=O) groups is 2. The lowest BCUT2D eigenvalue weighted by Crippen LogP contribution is -2.68.